The van der Waals surface area contributed by atoms with Crippen molar-refractivity contribution in [1.29, 1.82) is 0 Å². The predicted octanol–water partition coefficient (Wildman–Crippen LogP) is 2.89. The monoisotopic (exact) mass is 369 g/mol. The average molecular weight is 369 g/mol. The van der Waals surface area contributed by atoms with Gasteiger partial charge in [0.15, 0.2) is 0 Å². The molecule has 1 aromatic heterocycles. The summed E-state index contributed by atoms with van der Waals surface area (Å²) in [7, 11) is 0. The molecular weight excluding hydrogens is 342 g/mol. The number of primary amides is 1. The maximum Gasteiger partial charge on any atom is 0.252 e. The smallest absolute Gasteiger partial charge is 0.252 e. The Morgan fingerprint density at radius 2 is 2.30 bits per heavy atom. The standard InChI is InChI=1S/C21H27N3O3/c1-13(2)27-18-10-16-14(9-17(18)19(22)25)3-7-24-20(16)26-8-5-21-11-15(21)4-6-23-12-21/h3,7,9-10,13,15,23H,4-6,8,11-12H2,1-2H3,(H2,22,25)/t15-,21-/m1/s1. The Morgan fingerprint density at radius 3 is 3.04 bits per heavy atom. The number of nitrogens with zero attached hydrogens (tertiary/aromatic N) is 1. The number of fused-ring (bicyclic) bond motifs is 2. The van der Waals surface area contributed by atoms with Gasteiger partial charge in [-0.25, -0.2) is 4.98 Å². The molecule has 27 heavy (non-hydrogen) atoms. The molecule has 1 saturated carbocycles. The third-order valence-electron chi connectivity index (χ3n) is 5.80. The van der Waals surface area contributed by atoms with Crippen LogP contribution < -0.4 is 20.5 Å². The number of pyridine rings is 1. The van der Waals surface area contributed by atoms with Gasteiger partial charge >= 0.3 is 0 Å². The minimum Gasteiger partial charge on any atom is -0.490 e. The van der Waals surface area contributed by atoms with Crippen LogP contribution in [0, 0.1) is 11.3 Å². The second-order valence-corrected chi connectivity index (χ2v) is 8.04. The first kappa shape index (κ1) is 18.0. The molecule has 144 valence electrons. The number of amides is 1. The van der Waals surface area contributed by atoms with Crippen molar-refractivity contribution < 1.29 is 14.3 Å². The van der Waals surface area contributed by atoms with Gasteiger partial charge in [0.25, 0.3) is 5.91 Å². The zero-order valence-electron chi connectivity index (χ0n) is 16.0. The highest BCUT2D eigenvalue weighted by Crippen LogP contribution is 2.57. The van der Waals surface area contributed by atoms with Crippen molar-refractivity contribution in [3.63, 3.8) is 0 Å². The van der Waals surface area contributed by atoms with Crippen molar-refractivity contribution in [3.8, 4) is 11.6 Å². The number of hydrogen-bond acceptors (Lipinski definition) is 5. The van der Waals surface area contributed by atoms with Gasteiger partial charge in [0.2, 0.25) is 5.88 Å². The maximum atomic E-state index is 11.8. The molecule has 6 nitrogen and oxygen atoms in total. The van der Waals surface area contributed by atoms with E-state index in [0.717, 1.165) is 36.2 Å². The van der Waals surface area contributed by atoms with Crippen LogP contribution in [0.1, 0.15) is 43.5 Å². The van der Waals surface area contributed by atoms with E-state index in [0.29, 0.717) is 29.2 Å². The Bertz CT molecular complexity index is 867. The van der Waals surface area contributed by atoms with Gasteiger partial charge < -0.3 is 20.5 Å². The van der Waals surface area contributed by atoms with Crippen LogP contribution in [0.4, 0.5) is 0 Å². The van der Waals surface area contributed by atoms with E-state index in [2.05, 4.69) is 10.3 Å². The Kier molecular flexibility index (Phi) is 4.68. The molecule has 4 rings (SSSR count). The highest BCUT2D eigenvalue weighted by atomic mass is 16.5. The lowest BCUT2D eigenvalue weighted by Gasteiger charge is -2.23. The van der Waals surface area contributed by atoms with Crippen LogP contribution in [-0.4, -0.2) is 36.7 Å². The topological polar surface area (TPSA) is 86.5 Å². The molecule has 2 fully saturated rings. The highest BCUT2D eigenvalue weighted by molar-refractivity contribution is 6.01. The zero-order valence-corrected chi connectivity index (χ0v) is 16.0. The van der Waals surface area contributed by atoms with E-state index in [1.165, 1.54) is 12.8 Å². The van der Waals surface area contributed by atoms with Crippen molar-refractivity contribution >= 4 is 16.7 Å². The van der Waals surface area contributed by atoms with Gasteiger partial charge in [0, 0.05) is 18.1 Å². The van der Waals surface area contributed by atoms with Crippen LogP contribution in [0.2, 0.25) is 0 Å². The van der Waals surface area contributed by atoms with Gasteiger partial charge in [-0.2, -0.15) is 0 Å². The average Bonchev–Trinajstić information content (AvgIpc) is 3.35. The number of carbonyl (C=O) groups is 1. The number of benzene rings is 1. The fraction of sp³-hybridized carbons (Fsp3) is 0.524. The summed E-state index contributed by atoms with van der Waals surface area (Å²) >= 11 is 0. The van der Waals surface area contributed by atoms with E-state index in [-0.39, 0.29) is 6.10 Å². The van der Waals surface area contributed by atoms with Gasteiger partial charge in [-0.15, -0.1) is 0 Å². The van der Waals surface area contributed by atoms with E-state index < -0.39 is 5.91 Å². The zero-order chi connectivity index (χ0) is 19.0. The molecule has 1 saturated heterocycles. The number of nitrogens with two attached hydrogens (primary N) is 1. The molecule has 0 unspecified atom stereocenters. The number of hydrogen-bond donors (Lipinski definition) is 2. The quantitative estimate of drug-likeness (QED) is 0.784. The number of piperidine rings is 1. The SMILES string of the molecule is CC(C)Oc1cc2c(OCC[C@@]34CNCC[C@@H]3C4)nccc2cc1C(N)=O. The summed E-state index contributed by atoms with van der Waals surface area (Å²) in [5, 5.41) is 5.21. The molecule has 2 aromatic rings. The van der Waals surface area contributed by atoms with Crippen LogP contribution >= 0.6 is 0 Å². The molecule has 1 amide bonds. The van der Waals surface area contributed by atoms with Crippen LogP contribution in [-0.2, 0) is 0 Å². The normalized spacial score (nSPS) is 23.9. The number of aromatic nitrogens is 1. The fourth-order valence-corrected chi connectivity index (χ4v) is 4.25. The second kappa shape index (κ2) is 7.00. The molecule has 2 atom stereocenters. The van der Waals surface area contributed by atoms with Crippen molar-refractivity contribution in [2.75, 3.05) is 19.7 Å². The summed E-state index contributed by atoms with van der Waals surface area (Å²) in [4.78, 5) is 16.2. The van der Waals surface area contributed by atoms with Gasteiger partial charge in [-0.3, -0.25) is 4.79 Å². The van der Waals surface area contributed by atoms with E-state index in [1.807, 2.05) is 26.0 Å². The van der Waals surface area contributed by atoms with Crippen LogP contribution in [0.25, 0.3) is 10.8 Å². The Labute approximate surface area is 159 Å². The number of carbonyl (C=O) groups excluding carboxylic acids is 1. The van der Waals surface area contributed by atoms with E-state index in [1.54, 1.807) is 12.3 Å². The largest absolute Gasteiger partial charge is 0.490 e. The summed E-state index contributed by atoms with van der Waals surface area (Å²) < 4.78 is 11.9. The number of ether oxygens (including phenoxy) is 2. The lowest BCUT2D eigenvalue weighted by molar-refractivity contribution is 0.0994. The molecular formula is C21H27N3O3. The van der Waals surface area contributed by atoms with Gasteiger partial charge in [-0.1, -0.05) is 0 Å². The maximum absolute atomic E-state index is 11.8. The van der Waals surface area contributed by atoms with Gasteiger partial charge in [0.1, 0.15) is 5.75 Å². The molecule has 1 aromatic carbocycles. The van der Waals surface area contributed by atoms with Gasteiger partial charge in [-0.05, 0) is 74.6 Å². The molecule has 0 bridgehead atoms. The summed E-state index contributed by atoms with van der Waals surface area (Å²) in [5.74, 6) is 1.40. The fourth-order valence-electron chi connectivity index (χ4n) is 4.25. The van der Waals surface area contributed by atoms with Crippen molar-refractivity contribution in [1.82, 2.24) is 10.3 Å². The van der Waals surface area contributed by atoms with Crippen molar-refractivity contribution in [3.05, 3.63) is 30.0 Å². The van der Waals surface area contributed by atoms with Crippen molar-refractivity contribution in [2.24, 2.45) is 17.1 Å². The summed E-state index contributed by atoms with van der Waals surface area (Å²) in [6, 6.07) is 5.43. The molecule has 0 radical (unpaired) electrons. The van der Waals surface area contributed by atoms with Crippen LogP contribution in [0.15, 0.2) is 24.4 Å². The number of nitrogens with one attached hydrogen (secondary N) is 1. The Morgan fingerprint density at radius 1 is 1.44 bits per heavy atom. The highest BCUT2D eigenvalue weighted by Gasteiger charge is 2.54. The summed E-state index contributed by atoms with van der Waals surface area (Å²) in [6.07, 6.45) is 5.26. The van der Waals surface area contributed by atoms with Crippen LogP contribution in [0.5, 0.6) is 11.6 Å². The first-order chi connectivity index (χ1) is 13.0. The molecule has 2 aliphatic rings. The van der Waals surface area contributed by atoms with E-state index >= 15 is 0 Å². The minimum atomic E-state index is -0.504. The minimum absolute atomic E-state index is 0.0636. The first-order valence-corrected chi connectivity index (χ1v) is 9.71. The Balaban J connectivity index is 1.56. The molecule has 0 spiro atoms. The van der Waals surface area contributed by atoms with Crippen LogP contribution in [0.3, 0.4) is 0 Å². The molecule has 3 N–H and O–H groups in total. The molecule has 6 heteroatoms. The van der Waals surface area contributed by atoms with Crippen molar-refractivity contribution in [2.45, 2.75) is 39.2 Å². The number of rotatable bonds is 7. The summed E-state index contributed by atoms with van der Waals surface area (Å²) in [6.45, 7) is 6.71. The molecule has 1 aliphatic heterocycles. The third kappa shape index (κ3) is 3.58. The Hall–Kier alpha value is -2.34. The lowest BCUT2D eigenvalue weighted by atomic mass is 9.95. The lowest BCUT2D eigenvalue weighted by Crippen LogP contribution is -2.32. The summed E-state index contributed by atoms with van der Waals surface area (Å²) in [5.41, 5.74) is 6.33. The predicted molar refractivity (Wildman–Crippen MR) is 104 cm³/mol. The van der Waals surface area contributed by atoms with E-state index in [4.69, 9.17) is 15.2 Å². The second-order valence-electron chi connectivity index (χ2n) is 8.04. The van der Waals surface area contributed by atoms with E-state index in [9.17, 15) is 4.79 Å². The van der Waals surface area contributed by atoms with Gasteiger partial charge in [0.05, 0.1) is 18.3 Å². The third-order valence-corrected chi connectivity index (χ3v) is 5.80. The first-order valence-electron chi connectivity index (χ1n) is 9.71. The molecule has 1 aliphatic carbocycles. The molecule has 2 heterocycles.